The molecule has 0 radical (unpaired) electrons. The van der Waals surface area contributed by atoms with Crippen LogP contribution in [-0.4, -0.2) is 7.11 Å². The Morgan fingerprint density at radius 3 is 2.78 bits per heavy atom. The number of nitrogens with two attached hydrogens (primary N) is 1. The van der Waals surface area contributed by atoms with Gasteiger partial charge in [0.15, 0.2) is 5.06 Å². The van der Waals surface area contributed by atoms with Gasteiger partial charge < -0.3 is 10.5 Å². The zero-order valence-electron chi connectivity index (χ0n) is 10.5. The molecule has 1 aromatic heterocycles. The van der Waals surface area contributed by atoms with Gasteiger partial charge in [0.05, 0.1) is 7.11 Å². The van der Waals surface area contributed by atoms with Crippen LogP contribution >= 0.6 is 11.3 Å². The fourth-order valence-electron chi connectivity index (χ4n) is 2.68. The third-order valence-corrected chi connectivity index (χ3v) is 4.93. The van der Waals surface area contributed by atoms with Crippen LogP contribution < -0.4 is 10.5 Å². The van der Waals surface area contributed by atoms with Gasteiger partial charge in [-0.1, -0.05) is 30.3 Å². The van der Waals surface area contributed by atoms with Crippen LogP contribution in [0.15, 0.2) is 36.4 Å². The summed E-state index contributed by atoms with van der Waals surface area (Å²) in [7, 11) is 1.73. The molecular weight excluding hydrogens is 242 g/mol. The molecule has 1 atom stereocenters. The minimum atomic E-state index is -0.222. The summed E-state index contributed by atoms with van der Waals surface area (Å²) >= 11 is 1.75. The van der Waals surface area contributed by atoms with Crippen molar-refractivity contribution >= 4 is 11.3 Å². The van der Waals surface area contributed by atoms with Crippen LogP contribution in [0.3, 0.4) is 0 Å². The van der Waals surface area contributed by atoms with Crippen LogP contribution in [0.2, 0.25) is 0 Å². The summed E-state index contributed by atoms with van der Waals surface area (Å²) in [5.41, 5.74) is 8.98. The maximum atomic E-state index is 6.61. The topological polar surface area (TPSA) is 35.2 Å². The lowest BCUT2D eigenvalue weighted by atomic mass is 9.77. The Labute approximate surface area is 111 Å². The van der Waals surface area contributed by atoms with Crippen LogP contribution in [0.5, 0.6) is 5.06 Å². The van der Waals surface area contributed by atoms with E-state index in [1.54, 1.807) is 18.4 Å². The molecule has 1 aliphatic carbocycles. The van der Waals surface area contributed by atoms with Gasteiger partial charge in [0, 0.05) is 10.4 Å². The molecule has 1 aliphatic rings. The van der Waals surface area contributed by atoms with Crippen molar-refractivity contribution in [3.8, 4) is 5.06 Å². The van der Waals surface area contributed by atoms with Gasteiger partial charge in [-0.3, -0.25) is 0 Å². The zero-order chi connectivity index (χ0) is 12.6. The fourth-order valence-corrected chi connectivity index (χ4v) is 3.68. The first kappa shape index (κ1) is 11.8. The molecule has 2 aromatic rings. The number of benzene rings is 1. The van der Waals surface area contributed by atoms with Gasteiger partial charge in [-0.15, -0.1) is 11.3 Å². The second kappa shape index (κ2) is 4.41. The summed E-state index contributed by atoms with van der Waals surface area (Å²) in [6.45, 7) is 0. The van der Waals surface area contributed by atoms with E-state index < -0.39 is 0 Å². The molecule has 0 fully saturated rings. The van der Waals surface area contributed by atoms with Gasteiger partial charge in [-0.2, -0.15) is 0 Å². The van der Waals surface area contributed by atoms with Crippen molar-refractivity contribution in [2.45, 2.75) is 24.8 Å². The van der Waals surface area contributed by atoms with Gasteiger partial charge in [0.1, 0.15) is 0 Å². The zero-order valence-corrected chi connectivity index (χ0v) is 11.3. The lowest BCUT2D eigenvalue weighted by Crippen LogP contribution is -2.41. The summed E-state index contributed by atoms with van der Waals surface area (Å²) in [6, 6.07) is 12.6. The van der Waals surface area contributed by atoms with Crippen molar-refractivity contribution in [2.24, 2.45) is 5.73 Å². The van der Waals surface area contributed by atoms with Crippen LogP contribution in [0.4, 0.5) is 0 Å². The Bertz CT molecular complexity index is 549. The van der Waals surface area contributed by atoms with Crippen molar-refractivity contribution < 1.29 is 4.74 Å². The Balaban J connectivity index is 1.94. The van der Waals surface area contributed by atoms with E-state index in [4.69, 9.17) is 10.5 Å². The van der Waals surface area contributed by atoms with E-state index in [0.717, 1.165) is 24.3 Å². The molecule has 18 heavy (non-hydrogen) atoms. The van der Waals surface area contributed by atoms with Crippen molar-refractivity contribution in [2.75, 3.05) is 7.11 Å². The Morgan fingerprint density at radius 1 is 1.28 bits per heavy atom. The predicted octanol–water partition coefficient (Wildman–Crippen LogP) is 3.10. The first-order chi connectivity index (χ1) is 8.71. The minimum Gasteiger partial charge on any atom is -0.487 e. The number of fused-ring (bicyclic) bond motifs is 1. The molecule has 0 saturated heterocycles. The number of methoxy groups -OCH3 is 1. The lowest BCUT2D eigenvalue weighted by Gasteiger charge is -2.33. The smallest absolute Gasteiger partial charge is 0.173 e. The number of thiophene rings is 1. The molecule has 0 saturated carbocycles. The molecular formula is C15H17NOS. The average molecular weight is 259 g/mol. The van der Waals surface area contributed by atoms with Gasteiger partial charge in [0.2, 0.25) is 0 Å². The number of rotatable bonds is 2. The summed E-state index contributed by atoms with van der Waals surface area (Å²) in [4.78, 5) is 1.43. The average Bonchev–Trinajstić information content (AvgIpc) is 2.81. The number of aryl methyl sites for hydroxylation is 1. The third-order valence-electron chi connectivity index (χ3n) is 3.73. The highest BCUT2D eigenvalue weighted by Gasteiger charge is 2.33. The van der Waals surface area contributed by atoms with Crippen LogP contribution in [0, 0.1) is 0 Å². The van der Waals surface area contributed by atoms with Crippen LogP contribution in [0.25, 0.3) is 0 Å². The summed E-state index contributed by atoms with van der Waals surface area (Å²) < 4.78 is 5.32. The summed E-state index contributed by atoms with van der Waals surface area (Å²) in [6.07, 6.45) is 2.97. The first-order valence-corrected chi connectivity index (χ1v) is 7.03. The maximum absolute atomic E-state index is 6.61. The maximum Gasteiger partial charge on any atom is 0.173 e. The number of hydrogen-bond donors (Lipinski definition) is 1. The standard InChI is InChI=1S/C15H17NOS/c1-17-14-9-11-10-15(16,8-7-13(11)18-14)12-5-3-2-4-6-12/h2-6,9H,7-8,10,16H2,1H3. The normalized spacial score (nSPS) is 22.6. The Kier molecular flexibility index (Phi) is 2.88. The molecule has 94 valence electrons. The van der Waals surface area contributed by atoms with E-state index in [-0.39, 0.29) is 5.54 Å². The monoisotopic (exact) mass is 259 g/mol. The van der Waals surface area contributed by atoms with Crippen molar-refractivity contribution in [1.29, 1.82) is 0 Å². The summed E-state index contributed by atoms with van der Waals surface area (Å²) in [5.74, 6) is 0. The van der Waals surface area contributed by atoms with E-state index in [0.29, 0.717) is 0 Å². The van der Waals surface area contributed by atoms with E-state index in [2.05, 4.69) is 30.3 Å². The SMILES string of the molecule is COc1cc2c(s1)CCC(N)(c1ccccc1)C2. The van der Waals surface area contributed by atoms with E-state index in [9.17, 15) is 0 Å². The van der Waals surface area contributed by atoms with E-state index in [1.165, 1.54) is 16.0 Å². The highest BCUT2D eigenvalue weighted by Crippen LogP contribution is 2.40. The molecule has 1 unspecified atom stereocenters. The number of hydrogen-bond acceptors (Lipinski definition) is 3. The Morgan fingerprint density at radius 2 is 2.06 bits per heavy atom. The highest BCUT2D eigenvalue weighted by atomic mass is 32.1. The highest BCUT2D eigenvalue weighted by molar-refractivity contribution is 7.14. The molecule has 3 heteroatoms. The van der Waals surface area contributed by atoms with Crippen LogP contribution in [-0.2, 0) is 18.4 Å². The molecule has 3 rings (SSSR count). The second-order valence-electron chi connectivity index (χ2n) is 4.92. The summed E-state index contributed by atoms with van der Waals surface area (Å²) in [5, 5.41) is 0.998. The van der Waals surface area contributed by atoms with Crippen molar-refractivity contribution in [3.63, 3.8) is 0 Å². The van der Waals surface area contributed by atoms with Crippen molar-refractivity contribution in [3.05, 3.63) is 52.4 Å². The fraction of sp³-hybridized carbons (Fsp3) is 0.333. The quantitative estimate of drug-likeness (QED) is 0.899. The van der Waals surface area contributed by atoms with Gasteiger partial charge in [0.25, 0.3) is 0 Å². The van der Waals surface area contributed by atoms with E-state index >= 15 is 0 Å². The first-order valence-electron chi connectivity index (χ1n) is 6.21. The largest absolute Gasteiger partial charge is 0.487 e. The molecule has 2 N–H and O–H groups in total. The van der Waals surface area contributed by atoms with Crippen molar-refractivity contribution in [1.82, 2.24) is 0 Å². The second-order valence-corrected chi connectivity index (χ2v) is 6.02. The molecule has 2 nitrogen and oxygen atoms in total. The van der Waals surface area contributed by atoms with Gasteiger partial charge >= 0.3 is 0 Å². The number of ether oxygens (including phenoxy) is 1. The third kappa shape index (κ3) is 1.93. The predicted molar refractivity (Wildman–Crippen MR) is 75.2 cm³/mol. The molecule has 1 aromatic carbocycles. The Hall–Kier alpha value is -1.32. The minimum absolute atomic E-state index is 0.222. The molecule has 0 spiro atoms. The van der Waals surface area contributed by atoms with Gasteiger partial charge in [-0.25, -0.2) is 0 Å². The molecule has 0 aliphatic heterocycles. The molecule has 1 heterocycles. The molecule has 0 bridgehead atoms. The lowest BCUT2D eigenvalue weighted by molar-refractivity contribution is 0.387. The van der Waals surface area contributed by atoms with E-state index in [1.807, 2.05) is 6.07 Å². The molecule has 0 amide bonds. The van der Waals surface area contributed by atoms with Crippen LogP contribution in [0.1, 0.15) is 22.4 Å². The van der Waals surface area contributed by atoms with Gasteiger partial charge in [-0.05, 0) is 36.5 Å².